The van der Waals surface area contributed by atoms with Gasteiger partial charge in [0.1, 0.15) is 11.3 Å². The van der Waals surface area contributed by atoms with E-state index in [-0.39, 0.29) is 17.0 Å². The summed E-state index contributed by atoms with van der Waals surface area (Å²) in [7, 11) is -3.59. The predicted octanol–water partition coefficient (Wildman–Crippen LogP) is 1.32. The average Bonchev–Trinajstić information content (AvgIpc) is 2.94. The van der Waals surface area contributed by atoms with Crippen LogP contribution in [0.25, 0.3) is 0 Å². The molecular formula is C13H15N3O3S. The third kappa shape index (κ3) is 2.98. The molecule has 1 N–H and O–H groups in total. The van der Waals surface area contributed by atoms with Crippen LogP contribution in [0.3, 0.4) is 0 Å². The van der Waals surface area contributed by atoms with E-state index in [4.69, 9.17) is 5.26 Å². The number of amides is 1. The molecule has 0 unspecified atom stereocenters. The number of hydrogen-bond acceptors (Lipinski definition) is 4. The molecule has 0 bridgehead atoms. The highest BCUT2D eigenvalue weighted by molar-refractivity contribution is 7.89. The minimum atomic E-state index is -3.59. The van der Waals surface area contributed by atoms with Crippen molar-refractivity contribution in [1.29, 1.82) is 5.26 Å². The second-order valence-corrected chi connectivity index (χ2v) is 6.40. The standard InChI is InChI=1S/C13H15N3O3S/c14-8-7-13(17)15-11-5-1-2-6-12(11)20(18,19)16-9-3-4-10-16/h1-2,5-6H,3-4,7,9-10H2,(H,15,17). The highest BCUT2D eigenvalue weighted by Gasteiger charge is 2.29. The maximum atomic E-state index is 12.5. The molecule has 1 aliphatic rings. The van der Waals surface area contributed by atoms with Crippen molar-refractivity contribution in [2.45, 2.75) is 24.2 Å². The molecule has 1 saturated heterocycles. The van der Waals surface area contributed by atoms with Crippen molar-refractivity contribution < 1.29 is 13.2 Å². The number of nitriles is 1. The normalized spacial score (nSPS) is 15.8. The van der Waals surface area contributed by atoms with Crippen LogP contribution in [0.2, 0.25) is 0 Å². The lowest BCUT2D eigenvalue weighted by atomic mass is 10.3. The van der Waals surface area contributed by atoms with Gasteiger partial charge in [-0.15, -0.1) is 0 Å². The number of benzene rings is 1. The second-order valence-electron chi connectivity index (χ2n) is 4.49. The Morgan fingerprint density at radius 1 is 1.30 bits per heavy atom. The van der Waals surface area contributed by atoms with E-state index in [2.05, 4.69) is 5.32 Å². The number of para-hydroxylation sites is 1. The summed E-state index contributed by atoms with van der Waals surface area (Å²) in [6.07, 6.45) is 1.39. The van der Waals surface area contributed by atoms with Crippen molar-refractivity contribution in [1.82, 2.24) is 4.31 Å². The van der Waals surface area contributed by atoms with Crippen molar-refractivity contribution in [2.24, 2.45) is 0 Å². The van der Waals surface area contributed by atoms with Crippen molar-refractivity contribution in [3.05, 3.63) is 24.3 Å². The molecule has 0 aliphatic carbocycles. The van der Waals surface area contributed by atoms with Gasteiger partial charge in [0.05, 0.1) is 11.8 Å². The maximum absolute atomic E-state index is 12.5. The van der Waals surface area contributed by atoms with Crippen LogP contribution in [0.15, 0.2) is 29.2 Å². The van der Waals surface area contributed by atoms with Crippen LogP contribution in [-0.4, -0.2) is 31.7 Å². The van der Waals surface area contributed by atoms with Crippen LogP contribution in [-0.2, 0) is 14.8 Å². The molecule has 0 atom stereocenters. The molecule has 6 nitrogen and oxygen atoms in total. The molecule has 1 aliphatic heterocycles. The second kappa shape index (κ2) is 6.03. The number of nitrogens with one attached hydrogen (secondary N) is 1. The van der Waals surface area contributed by atoms with Crippen LogP contribution in [0.1, 0.15) is 19.3 Å². The van der Waals surface area contributed by atoms with Crippen molar-refractivity contribution in [3.63, 3.8) is 0 Å². The molecule has 0 aromatic heterocycles. The summed E-state index contributed by atoms with van der Waals surface area (Å²) in [5.74, 6) is -0.517. The Morgan fingerprint density at radius 2 is 1.95 bits per heavy atom. The van der Waals surface area contributed by atoms with Gasteiger partial charge in [-0.1, -0.05) is 12.1 Å². The summed E-state index contributed by atoms with van der Waals surface area (Å²) in [6, 6.07) is 7.98. The van der Waals surface area contributed by atoms with E-state index in [1.54, 1.807) is 18.2 Å². The minimum absolute atomic E-state index is 0.0770. The Balaban J connectivity index is 2.32. The highest BCUT2D eigenvalue weighted by Crippen LogP contribution is 2.27. The van der Waals surface area contributed by atoms with Gasteiger partial charge in [0.25, 0.3) is 0 Å². The number of nitrogens with zero attached hydrogens (tertiary/aromatic N) is 2. The summed E-state index contributed by atoms with van der Waals surface area (Å²) in [6.45, 7) is 1.01. The molecule has 0 radical (unpaired) electrons. The van der Waals surface area contributed by atoms with Gasteiger partial charge in [0, 0.05) is 13.1 Å². The van der Waals surface area contributed by atoms with Crippen LogP contribution < -0.4 is 5.32 Å². The Labute approximate surface area is 118 Å². The lowest BCUT2D eigenvalue weighted by molar-refractivity contribution is -0.115. The van der Waals surface area contributed by atoms with Gasteiger partial charge in [-0.3, -0.25) is 4.79 Å². The van der Waals surface area contributed by atoms with Crippen molar-refractivity contribution in [3.8, 4) is 6.07 Å². The molecule has 20 heavy (non-hydrogen) atoms. The molecule has 106 valence electrons. The first kappa shape index (κ1) is 14.5. The van der Waals surface area contributed by atoms with Crippen LogP contribution in [0.5, 0.6) is 0 Å². The molecule has 2 rings (SSSR count). The lowest BCUT2D eigenvalue weighted by Gasteiger charge is -2.18. The summed E-state index contributed by atoms with van der Waals surface area (Å²) in [5, 5.41) is 11.0. The zero-order chi connectivity index (χ0) is 14.6. The topological polar surface area (TPSA) is 90.3 Å². The first-order chi connectivity index (χ1) is 9.55. The third-order valence-corrected chi connectivity index (χ3v) is 5.04. The first-order valence-corrected chi connectivity index (χ1v) is 7.75. The lowest BCUT2D eigenvalue weighted by Crippen LogP contribution is -2.29. The number of rotatable bonds is 4. The van der Waals surface area contributed by atoms with E-state index in [1.807, 2.05) is 0 Å². The summed E-state index contributed by atoms with van der Waals surface area (Å²) in [5.41, 5.74) is 0.222. The van der Waals surface area contributed by atoms with Crippen molar-refractivity contribution in [2.75, 3.05) is 18.4 Å². The van der Waals surface area contributed by atoms with Crippen LogP contribution in [0, 0.1) is 11.3 Å². The van der Waals surface area contributed by atoms with E-state index in [0.29, 0.717) is 13.1 Å². The SMILES string of the molecule is N#CCC(=O)Nc1ccccc1S(=O)(=O)N1CCCC1. The zero-order valence-electron chi connectivity index (χ0n) is 10.9. The van der Waals surface area contributed by atoms with E-state index in [9.17, 15) is 13.2 Å². The zero-order valence-corrected chi connectivity index (χ0v) is 11.7. The van der Waals surface area contributed by atoms with Gasteiger partial charge in [-0.25, -0.2) is 8.42 Å². The maximum Gasteiger partial charge on any atom is 0.245 e. The molecule has 0 spiro atoms. The third-order valence-electron chi connectivity index (χ3n) is 3.08. The average molecular weight is 293 g/mol. The number of hydrogen-bond donors (Lipinski definition) is 1. The van der Waals surface area contributed by atoms with Crippen molar-refractivity contribution >= 4 is 21.6 Å². The Kier molecular flexibility index (Phi) is 4.37. The fourth-order valence-corrected chi connectivity index (χ4v) is 3.79. The van der Waals surface area contributed by atoms with Crippen LogP contribution >= 0.6 is 0 Å². The van der Waals surface area contributed by atoms with Gasteiger partial charge in [0.2, 0.25) is 15.9 Å². The quantitative estimate of drug-likeness (QED) is 0.906. The monoisotopic (exact) mass is 293 g/mol. The largest absolute Gasteiger partial charge is 0.324 e. The van der Waals surface area contributed by atoms with Gasteiger partial charge in [0.15, 0.2) is 0 Å². The molecule has 0 saturated carbocycles. The van der Waals surface area contributed by atoms with Gasteiger partial charge in [-0.2, -0.15) is 9.57 Å². The van der Waals surface area contributed by atoms with Gasteiger partial charge < -0.3 is 5.32 Å². The van der Waals surface area contributed by atoms with Gasteiger partial charge in [-0.05, 0) is 25.0 Å². The summed E-state index contributed by atoms with van der Waals surface area (Å²) >= 11 is 0. The summed E-state index contributed by atoms with van der Waals surface area (Å²) < 4.78 is 26.4. The number of carbonyl (C=O) groups is 1. The van der Waals surface area contributed by atoms with E-state index in [1.165, 1.54) is 16.4 Å². The molecule has 1 aromatic rings. The van der Waals surface area contributed by atoms with E-state index in [0.717, 1.165) is 12.8 Å². The Bertz CT molecular complexity index is 643. The Morgan fingerprint density at radius 3 is 2.60 bits per heavy atom. The molecular weight excluding hydrogens is 278 g/mol. The smallest absolute Gasteiger partial charge is 0.245 e. The fraction of sp³-hybridized carbons (Fsp3) is 0.385. The number of anilines is 1. The van der Waals surface area contributed by atoms with Crippen LogP contribution in [0.4, 0.5) is 5.69 Å². The highest BCUT2D eigenvalue weighted by atomic mass is 32.2. The fourth-order valence-electron chi connectivity index (χ4n) is 2.13. The predicted molar refractivity (Wildman–Crippen MR) is 73.3 cm³/mol. The van der Waals surface area contributed by atoms with E-state index < -0.39 is 15.9 Å². The van der Waals surface area contributed by atoms with E-state index >= 15 is 0 Å². The number of sulfonamides is 1. The molecule has 1 heterocycles. The molecule has 1 aromatic carbocycles. The molecule has 1 amide bonds. The first-order valence-electron chi connectivity index (χ1n) is 6.31. The molecule has 7 heteroatoms. The Hall–Kier alpha value is -1.91. The molecule has 1 fully saturated rings. The number of carbonyl (C=O) groups excluding carboxylic acids is 1. The minimum Gasteiger partial charge on any atom is -0.324 e. The van der Waals surface area contributed by atoms with Gasteiger partial charge >= 0.3 is 0 Å². The summed E-state index contributed by atoms with van der Waals surface area (Å²) in [4.78, 5) is 11.5.